The van der Waals surface area contributed by atoms with E-state index in [1.54, 1.807) is 13.8 Å². The van der Waals surface area contributed by atoms with Crippen molar-refractivity contribution in [2.75, 3.05) is 23.9 Å². The van der Waals surface area contributed by atoms with Crippen molar-refractivity contribution in [1.82, 2.24) is 9.78 Å². The molecule has 0 atom stereocenters. The van der Waals surface area contributed by atoms with E-state index in [1.807, 2.05) is 0 Å². The van der Waals surface area contributed by atoms with Gasteiger partial charge in [0.15, 0.2) is 0 Å². The van der Waals surface area contributed by atoms with Gasteiger partial charge in [-0.25, -0.2) is 13.1 Å². The number of hydrogen-bond acceptors (Lipinski definition) is 6. The van der Waals surface area contributed by atoms with Gasteiger partial charge in [0.2, 0.25) is 5.82 Å². The molecule has 102 valence electrons. The lowest BCUT2D eigenvalue weighted by atomic mass is 10.4. The van der Waals surface area contributed by atoms with Gasteiger partial charge in [-0.2, -0.15) is 5.10 Å². The van der Waals surface area contributed by atoms with Crippen molar-refractivity contribution in [2.24, 2.45) is 0 Å². The van der Waals surface area contributed by atoms with Crippen molar-refractivity contribution in [2.45, 2.75) is 20.4 Å². The summed E-state index contributed by atoms with van der Waals surface area (Å²) in [4.78, 5) is 10.4. The van der Waals surface area contributed by atoms with E-state index in [2.05, 4.69) is 10.4 Å². The van der Waals surface area contributed by atoms with Gasteiger partial charge in [0, 0.05) is 19.3 Å². The van der Waals surface area contributed by atoms with Gasteiger partial charge in [0.05, 0.1) is 10.7 Å². The predicted molar refractivity (Wildman–Crippen MR) is 67.5 cm³/mol. The van der Waals surface area contributed by atoms with Gasteiger partial charge in [-0.05, 0) is 13.8 Å². The van der Waals surface area contributed by atoms with Crippen molar-refractivity contribution in [3.05, 3.63) is 15.8 Å². The third-order valence-electron chi connectivity index (χ3n) is 2.34. The van der Waals surface area contributed by atoms with Crippen molar-refractivity contribution in [1.29, 1.82) is 0 Å². The molecule has 0 aromatic carbocycles. The predicted octanol–water partition coefficient (Wildman–Crippen LogP) is 0.576. The zero-order chi connectivity index (χ0) is 13.9. The van der Waals surface area contributed by atoms with E-state index in [0.717, 1.165) is 6.26 Å². The zero-order valence-corrected chi connectivity index (χ0v) is 11.3. The van der Waals surface area contributed by atoms with Gasteiger partial charge in [-0.15, -0.1) is 0 Å². The van der Waals surface area contributed by atoms with Crippen LogP contribution in [0, 0.1) is 17.0 Å². The molecule has 0 bridgehead atoms. The number of rotatable bonds is 6. The van der Waals surface area contributed by atoms with Crippen molar-refractivity contribution >= 4 is 21.3 Å². The molecule has 0 fully saturated rings. The van der Waals surface area contributed by atoms with Crippen LogP contribution < -0.4 is 5.32 Å². The van der Waals surface area contributed by atoms with Crippen molar-refractivity contribution in [3.63, 3.8) is 0 Å². The molecule has 0 aliphatic carbocycles. The topological polar surface area (TPSA) is 107 Å². The summed E-state index contributed by atoms with van der Waals surface area (Å²) in [5.41, 5.74) is 0.203. The van der Waals surface area contributed by atoms with E-state index in [1.165, 1.54) is 4.68 Å². The summed E-state index contributed by atoms with van der Waals surface area (Å²) in [5.74, 6) is 0.168. The Morgan fingerprint density at radius 1 is 1.50 bits per heavy atom. The minimum Gasteiger partial charge on any atom is -0.364 e. The molecule has 0 aliphatic heterocycles. The van der Waals surface area contributed by atoms with E-state index in [4.69, 9.17) is 0 Å². The molecule has 1 rings (SSSR count). The SMILES string of the molecule is CCn1nc(C)c([N+](=O)[O-])c1NCCS(C)(=O)=O. The highest BCUT2D eigenvalue weighted by Crippen LogP contribution is 2.27. The first kappa shape index (κ1) is 14.4. The van der Waals surface area contributed by atoms with Crippen LogP contribution in [0.3, 0.4) is 0 Å². The maximum absolute atomic E-state index is 11.0. The molecule has 1 heterocycles. The molecule has 9 heteroatoms. The fraction of sp³-hybridized carbons (Fsp3) is 0.667. The normalized spacial score (nSPS) is 11.5. The quantitative estimate of drug-likeness (QED) is 0.601. The first-order chi connectivity index (χ1) is 8.26. The maximum Gasteiger partial charge on any atom is 0.333 e. The van der Waals surface area contributed by atoms with Gasteiger partial charge < -0.3 is 5.32 Å². The average Bonchev–Trinajstić information content (AvgIpc) is 2.53. The molecule has 0 radical (unpaired) electrons. The van der Waals surface area contributed by atoms with Crippen LogP contribution in [0.2, 0.25) is 0 Å². The fourth-order valence-corrected chi connectivity index (χ4v) is 2.02. The minimum absolute atomic E-state index is 0.0852. The van der Waals surface area contributed by atoms with Crippen LogP contribution in [0.25, 0.3) is 0 Å². The molecular weight excluding hydrogens is 260 g/mol. The van der Waals surface area contributed by atoms with Gasteiger partial charge >= 0.3 is 5.69 Å². The highest BCUT2D eigenvalue weighted by molar-refractivity contribution is 7.90. The lowest BCUT2D eigenvalue weighted by Crippen LogP contribution is -2.17. The number of nitrogens with one attached hydrogen (secondary N) is 1. The Morgan fingerprint density at radius 2 is 2.11 bits per heavy atom. The monoisotopic (exact) mass is 276 g/mol. The largest absolute Gasteiger partial charge is 0.364 e. The molecule has 0 unspecified atom stereocenters. The number of anilines is 1. The lowest BCUT2D eigenvalue weighted by Gasteiger charge is -2.06. The molecular formula is C9H16N4O4S. The highest BCUT2D eigenvalue weighted by Gasteiger charge is 2.24. The van der Waals surface area contributed by atoms with Crippen LogP contribution in [-0.2, 0) is 16.4 Å². The molecule has 0 saturated heterocycles. The first-order valence-electron chi connectivity index (χ1n) is 5.39. The van der Waals surface area contributed by atoms with Crippen LogP contribution in [-0.4, -0.2) is 41.7 Å². The minimum atomic E-state index is -3.10. The molecule has 8 nitrogen and oxygen atoms in total. The van der Waals surface area contributed by atoms with Gasteiger partial charge in [-0.1, -0.05) is 0 Å². The van der Waals surface area contributed by atoms with E-state index in [9.17, 15) is 18.5 Å². The molecule has 1 aromatic heterocycles. The zero-order valence-electron chi connectivity index (χ0n) is 10.5. The average molecular weight is 276 g/mol. The summed E-state index contributed by atoms with van der Waals surface area (Å²) >= 11 is 0. The second kappa shape index (κ2) is 5.34. The number of sulfone groups is 1. The molecule has 0 saturated carbocycles. The Bertz CT molecular complexity index is 549. The van der Waals surface area contributed by atoms with Crippen LogP contribution in [0.5, 0.6) is 0 Å². The summed E-state index contributed by atoms with van der Waals surface area (Å²) in [7, 11) is -3.10. The number of aromatic nitrogens is 2. The highest BCUT2D eigenvalue weighted by atomic mass is 32.2. The molecule has 0 spiro atoms. The smallest absolute Gasteiger partial charge is 0.333 e. The number of aryl methyl sites for hydroxylation is 2. The molecule has 0 amide bonds. The van der Waals surface area contributed by atoms with Crippen LogP contribution in [0.15, 0.2) is 0 Å². The summed E-state index contributed by atoms with van der Waals surface area (Å²) < 4.78 is 23.5. The Labute approximate surface area is 105 Å². The van der Waals surface area contributed by atoms with Crippen molar-refractivity contribution < 1.29 is 13.3 Å². The summed E-state index contributed by atoms with van der Waals surface area (Å²) in [6.45, 7) is 3.94. The molecule has 1 aromatic rings. The Morgan fingerprint density at radius 3 is 2.56 bits per heavy atom. The van der Waals surface area contributed by atoms with E-state index in [0.29, 0.717) is 12.2 Å². The van der Waals surface area contributed by atoms with E-state index < -0.39 is 14.8 Å². The third kappa shape index (κ3) is 3.42. The van der Waals surface area contributed by atoms with E-state index >= 15 is 0 Å². The lowest BCUT2D eigenvalue weighted by molar-refractivity contribution is -0.384. The Balaban J connectivity index is 2.96. The van der Waals surface area contributed by atoms with Gasteiger partial charge in [0.25, 0.3) is 0 Å². The third-order valence-corrected chi connectivity index (χ3v) is 3.29. The number of nitro groups is 1. The molecule has 18 heavy (non-hydrogen) atoms. The summed E-state index contributed by atoms with van der Waals surface area (Å²) in [6.07, 6.45) is 1.12. The standard InChI is InChI=1S/C9H16N4O4S/c1-4-12-9(10-5-6-18(3,16)17)8(13(14)15)7(2)11-12/h10H,4-6H2,1-3H3. The number of hydrogen-bond donors (Lipinski definition) is 1. The van der Waals surface area contributed by atoms with Gasteiger partial charge in [-0.3, -0.25) is 10.1 Å². The first-order valence-corrected chi connectivity index (χ1v) is 7.45. The second-order valence-corrected chi connectivity index (χ2v) is 6.17. The number of nitrogens with zero attached hydrogens (tertiary/aromatic N) is 3. The molecule has 0 aliphatic rings. The maximum atomic E-state index is 11.0. The van der Waals surface area contributed by atoms with Crippen LogP contribution >= 0.6 is 0 Å². The van der Waals surface area contributed by atoms with Gasteiger partial charge in [0.1, 0.15) is 15.5 Å². The Hall–Kier alpha value is -1.64. The van der Waals surface area contributed by atoms with E-state index in [-0.39, 0.29) is 23.8 Å². The Kier molecular flexibility index (Phi) is 4.28. The van der Waals surface area contributed by atoms with Crippen LogP contribution in [0.4, 0.5) is 11.5 Å². The summed E-state index contributed by atoms with van der Waals surface area (Å²) in [6, 6.07) is 0. The fourth-order valence-electron chi connectivity index (χ4n) is 1.55. The van der Waals surface area contributed by atoms with Crippen molar-refractivity contribution in [3.8, 4) is 0 Å². The molecule has 1 N–H and O–H groups in total. The van der Waals surface area contributed by atoms with Crippen LogP contribution in [0.1, 0.15) is 12.6 Å². The second-order valence-electron chi connectivity index (χ2n) is 3.91. The summed E-state index contributed by atoms with van der Waals surface area (Å²) in [5, 5.41) is 17.7.